The molecule has 1 rings (SSSR count). The van der Waals surface area contributed by atoms with Gasteiger partial charge in [0.2, 0.25) is 0 Å². The van der Waals surface area contributed by atoms with Crippen molar-refractivity contribution in [2.45, 2.75) is 98.0 Å². The number of aryl methyl sites for hydroxylation is 3. The molecule has 0 saturated heterocycles. The van der Waals surface area contributed by atoms with Crippen molar-refractivity contribution in [3.63, 3.8) is 0 Å². The topological polar surface area (TPSA) is 63.6 Å². The van der Waals surface area contributed by atoms with E-state index in [1.54, 1.807) is 13.8 Å². The minimum absolute atomic E-state index is 0.374. The highest BCUT2D eigenvalue weighted by atomic mass is 16.5. The molecular formula is C24H38O4. The molecule has 0 bridgehead atoms. The molecule has 0 aromatic heterocycles. The third kappa shape index (κ3) is 8.90. The zero-order valence-electron chi connectivity index (χ0n) is 18.3. The second-order valence-electron chi connectivity index (χ2n) is 9.19. The predicted octanol–water partition coefficient (Wildman–Crippen LogP) is 5.87. The van der Waals surface area contributed by atoms with Gasteiger partial charge in [-0.2, -0.15) is 0 Å². The highest BCUT2D eigenvalue weighted by Gasteiger charge is 2.25. The molecule has 0 saturated carbocycles. The van der Waals surface area contributed by atoms with Crippen molar-refractivity contribution in [1.29, 1.82) is 0 Å². The Hall–Kier alpha value is -1.84. The summed E-state index contributed by atoms with van der Waals surface area (Å²) in [5.74, 6) is -0.709. The second-order valence-corrected chi connectivity index (χ2v) is 9.19. The number of unbranched alkanes of at least 4 members (excludes halogenated alkanes) is 3. The monoisotopic (exact) mass is 390 g/mol. The van der Waals surface area contributed by atoms with Crippen LogP contribution in [0.25, 0.3) is 0 Å². The van der Waals surface area contributed by atoms with Crippen LogP contribution in [0.15, 0.2) is 18.2 Å². The number of ether oxygens (including phenoxy) is 1. The van der Waals surface area contributed by atoms with Crippen LogP contribution in [-0.4, -0.2) is 23.1 Å². The summed E-state index contributed by atoms with van der Waals surface area (Å²) in [7, 11) is 0. The summed E-state index contributed by atoms with van der Waals surface area (Å²) in [6, 6.07) is 6.75. The third-order valence-corrected chi connectivity index (χ3v) is 5.60. The quantitative estimate of drug-likeness (QED) is 0.318. The summed E-state index contributed by atoms with van der Waals surface area (Å²) in [5, 5.41) is 9.16. The molecule has 4 nitrogen and oxygen atoms in total. The molecule has 0 aliphatic carbocycles. The van der Waals surface area contributed by atoms with Gasteiger partial charge >= 0.3 is 5.97 Å². The van der Waals surface area contributed by atoms with Gasteiger partial charge in [0.05, 0.1) is 5.41 Å². The fourth-order valence-electron chi connectivity index (χ4n) is 3.43. The zero-order valence-corrected chi connectivity index (χ0v) is 18.3. The molecule has 0 aliphatic rings. The van der Waals surface area contributed by atoms with Crippen LogP contribution < -0.4 is 0 Å². The van der Waals surface area contributed by atoms with E-state index in [1.807, 2.05) is 13.8 Å². The number of carboxylic acid groups (broad SMARTS) is 1. The summed E-state index contributed by atoms with van der Waals surface area (Å²) < 4.78 is 5.09. The van der Waals surface area contributed by atoms with Crippen molar-refractivity contribution in [3.8, 4) is 0 Å². The maximum absolute atomic E-state index is 11.1. The Morgan fingerprint density at radius 1 is 1.00 bits per heavy atom. The maximum Gasteiger partial charge on any atom is 0.309 e. The highest BCUT2D eigenvalue weighted by Crippen LogP contribution is 2.24. The summed E-state index contributed by atoms with van der Waals surface area (Å²) in [5.41, 5.74) is 3.10. The summed E-state index contributed by atoms with van der Waals surface area (Å²) >= 11 is 0. The van der Waals surface area contributed by atoms with Gasteiger partial charge in [0.25, 0.3) is 6.47 Å². The van der Waals surface area contributed by atoms with Crippen LogP contribution >= 0.6 is 0 Å². The Morgan fingerprint density at radius 2 is 1.64 bits per heavy atom. The Kier molecular flexibility index (Phi) is 9.71. The molecule has 0 unspecified atom stereocenters. The van der Waals surface area contributed by atoms with Crippen LogP contribution in [0, 0.1) is 12.3 Å². The number of benzene rings is 1. The van der Waals surface area contributed by atoms with Crippen LogP contribution in [0.2, 0.25) is 0 Å². The van der Waals surface area contributed by atoms with E-state index in [-0.39, 0.29) is 5.60 Å². The van der Waals surface area contributed by atoms with Gasteiger partial charge in [-0.3, -0.25) is 9.59 Å². The molecule has 1 aromatic carbocycles. The lowest BCUT2D eigenvalue weighted by Gasteiger charge is -2.22. The first-order chi connectivity index (χ1) is 13.1. The van der Waals surface area contributed by atoms with E-state index in [2.05, 4.69) is 25.1 Å². The maximum atomic E-state index is 11.1. The summed E-state index contributed by atoms with van der Waals surface area (Å²) in [6.45, 7) is 10.2. The Morgan fingerprint density at radius 3 is 2.25 bits per heavy atom. The van der Waals surface area contributed by atoms with Gasteiger partial charge in [-0.1, -0.05) is 31.0 Å². The fraction of sp³-hybridized carbons (Fsp3) is 0.667. The number of carbonyl (C=O) groups excluding carboxylic acids is 1. The van der Waals surface area contributed by atoms with Gasteiger partial charge in [0.1, 0.15) is 5.60 Å². The first-order valence-corrected chi connectivity index (χ1v) is 10.5. The first kappa shape index (κ1) is 24.2. The summed E-state index contributed by atoms with van der Waals surface area (Å²) in [4.78, 5) is 21.6. The molecule has 0 atom stereocenters. The van der Waals surface area contributed by atoms with Gasteiger partial charge in [0, 0.05) is 0 Å². The lowest BCUT2D eigenvalue weighted by molar-refractivity contribution is -0.147. The van der Waals surface area contributed by atoms with E-state index in [0.29, 0.717) is 6.47 Å². The van der Waals surface area contributed by atoms with Crippen molar-refractivity contribution >= 4 is 12.4 Å². The molecule has 1 aromatic rings. The van der Waals surface area contributed by atoms with Crippen molar-refractivity contribution in [2.24, 2.45) is 5.41 Å². The van der Waals surface area contributed by atoms with Crippen LogP contribution in [0.4, 0.5) is 0 Å². The van der Waals surface area contributed by atoms with Crippen molar-refractivity contribution in [2.75, 3.05) is 0 Å². The zero-order chi connectivity index (χ0) is 21.2. The number of carboxylic acids is 1. The standard InChI is InChI=1S/C24H38O4/c1-19-17-20(11-8-10-16-24(4,5)28-18-25)13-14-21(19)12-7-6-9-15-23(2,3)22(26)27/h13-14,17-18H,6-12,15-16H2,1-5H3,(H,26,27). The van der Waals surface area contributed by atoms with Gasteiger partial charge in [-0.15, -0.1) is 0 Å². The third-order valence-electron chi connectivity index (χ3n) is 5.60. The average Bonchev–Trinajstić information content (AvgIpc) is 2.59. The van der Waals surface area contributed by atoms with E-state index in [1.165, 1.54) is 16.7 Å². The van der Waals surface area contributed by atoms with E-state index in [9.17, 15) is 9.59 Å². The Bertz CT molecular complexity index is 631. The molecule has 0 fully saturated rings. The Balaban J connectivity index is 2.34. The summed E-state index contributed by atoms with van der Waals surface area (Å²) in [6.07, 6.45) is 8.95. The predicted molar refractivity (Wildman–Crippen MR) is 114 cm³/mol. The van der Waals surface area contributed by atoms with E-state index < -0.39 is 11.4 Å². The van der Waals surface area contributed by atoms with Gasteiger partial charge in [-0.25, -0.2) is 0 Å². The van der Waals surface area contributed by atoms with Crippen molar-refractivity contribution in [1.82, 2.24) is 0 Å². The fourth-order valence-corrected chi connectivity index (χ4v) is 3.43. The molecule has 0 aliphatic heterocycles. The average molecular weight is 391 g/mol. The first-order valence-electron chi connectivity index (χ1n) is 10.5. The van der Waals surface area contributed by atoms with Gasteiger partial charge in [0.15, 0.2) is 0 Å². The van der Waals surface area contributed by atoms with Crippen LogP contribution in [0.3, 0.4) is 0 Å². The van der Waals surface area contributed by atoms with Crippen LogP contribution in [-0.2, 0) is 27.2 Å². The lowest BCUT2D eigenvalue weighted by atomic mass is 9.87. The van der Waals surface area contributed by atoms with E-state index >= 15 is 0 Å². The molecule has 158 valence electrons. The molecule has 28 heavy (non-hydrogen) atoms. The molecule has 1 N–H and O–H groups in total. The highest BCUT2D eigenvalue weighted by molar-refractivity contribution is 5.73. The van der Waals surface area contributed by atoms with Crippen molar-refractivity contribution < 1.29 is 19.4 Å². The SMILES string of the molecule is Cc1cc(CCCCC(C)(C)OC=O)ccc1CCCCCC(C)(C)C(=O)O. The van der Waals surface area contributed by atoms with Crippen molar-refractivity contribution in [3.05, 3.63) is 34.9 Å². The molecule has 0 spiro atoms. The van der Waals surface area contributed by atoms with Crippen LogP contribution in [0.5, 0.6) is 0 Å². The lowest BCUT2D eigenvalue weighted by Crippen LogP contribution is -2.23. The molecule has 4 heteroatoms. The molecular weight excluding hydrogens is 352 g/mol. The largest absolute Gasteiger partial charge is 0.481 e. The van der Waals surface area contributed by atoms with Gasteiger partial charge < -0.3 is 9.84 Å². The molecule has 0 amide bonds. The van der Waals surface area contributed by atoms with Crippen LogP contribution in [0.1, 0.15) is 89.3 Å². The number of hydrogen-bond donors (Lipinski definition) is 1. The number of rotatable bonds is 14. The number of carbonyl (C=O) groups is 2. The molecule has 0 radical (unpaired) electrons. The number of aliphatic carboxylic acids is 1. The Labute approximate surface area is 170 Å². The van der Waals surface area contributed by atoms with E-state index in [4.69, 9.17) is 9.84 Å². The molecule has 0 heterocycles. The normalized spacial score (nSPS) is 12.0. The smallest absolute Gasteiger partial charge is 0.309 e. The second kappa shape index (κ2) is 11.2. The number of hydrogen-bond acceptors (Lipinski definition) is 3. The minimum Gasteiger partial charge on any atom is -0.481 e. The van der Waals surface area contributed by atoms with E-state index in [0.717, 1.165) is 57.8 Å². The van der Waals surface area contributed by atoms with Gasteiger partial charge in [-0.05, 0) is 96.3 Å². The minimum atomic E-state index is -0.709.